The zero-order valence-electron chi connectivity index (χ0n) is 18.2. The number of amides is 2. The maximum absolute atomic E-state index is 12.9. The first kappa shape index (κ1) is 22.5. The lowest BCUT2D eigenvalue weighted by Crippen LogP contribution is -2.17. The van der Waals surface area contributed by atoms with Gasteiger partial charge in [0.05, 0.1) is 39.8 Å². The van der Waals surface area contributed by atoms with Crippen molar-refractivity contribution in [1.29, 1.82) is 0 Å². The second-order valence-electron chi connectivity index (χ2n) is 6.66. The Balaban J connectivity index is 1.84. The van der Waals surface area contributed by atoms with Gasteiger partial charge < -0.3 is 29.6 Å². The van der Waals surface area contributed by atoms with Crippen molar-refractivity contribution in [2.75, 3.05) is 39.1 Å². The third kappa shape index (κ3) is 5.28. The van der Waals surface area contributed by atoms with Crippen LogP contribution in [0.15, 0.2) is 60.7 Å². The molecule has 0 unspecified atom stereocenters. The smallest absolute Gasteiger partial charge is 0.255 e. The number of rotatable bonds is 8. The highest BCUT2D eigenvalue weighted by molar-refractivity contribution is 6.10. The van der Waals surface area contributed by atoms with Crippen LogP contribution in [-0.2, 0) is 0 Å². The average molecular weight is 436 g/mol. The summed E-state index contributed by atoms with van der Waals surface area (Å²) in [4.78, 5) is 25.7. The Morgan fingerprint density at radius 3 is 1.16 bits per heavy atom. The first-order valence-electron chi connectivity index (χ1n) is 9.65. The predicted molar refractivity (Wildman–Crippen MR) is 121 cm³/mol. The molecule has 166 valence electrons. The lowest BCUT2D eigenvalue weighted by atomic mass is 10.1. The summed E-state index contributed by atoms with van der Waals surface area (Å²) in [5, 5.41) is 5.63. The van der Waals surface area contributed by atoms with Crippen LogP contribution in [0.2, 0.25) is 0 Å². The minimum atomic E-state index is -0.382. The van der Waals surface area contributed by atoms with Crippen LogP contribution in [0.5, 0.6) is 23.0 Å². The van der Waals surface area contributed by atoms with Gasteiger partial charge in [0.1, 0.15) is 23.0 Å². The number of hydrogen-bond donors (Lipinski definition) is 2. The van der Waals surface area contributed by atoms with E-state index in [0.717, 1.165) is 0 Å². The second kappa shape index (κ2) is 10.2. The van der Waals surface area contributed by atoms with Gasteiger partial charge in [0, 0.05) is 23.3 Å². The zero-order chi connectivity index (χ0) is 23.1. The molecule has 0 aliphatic rings. The number of ether oxygens (including phenoxy) is 4. The van der Waals surface area contributed by atoms with Crippen molar-refractivity contribution in [3.63, 3.8) is 0 Å². The van der Waals surface area contributed by atoms with Gasteiger partial charge in [-0.3, -0.25) is 9.59 Å². The number of methoxy groups -OCH3 is 4. The molecule has 0 saturated carbocycles. The van der Waals surface area contributed by atoms with E-state index in [-0.39, 0.29) is 11.8 Å². The molecule has 8 heteroatoms. The van der Waals surface area contributed by atoms with Gasteiger partial charge in [0.25, 0.3) is 11.8 Å². The summed E-state index contributed by atoms with van der Waals surface area (Å²) in [5.41, 5.74) is 1.56. The van der Waals surface area contributed by atoms with Crippen LogP contribution in [-0.4, -0.2) is 40.3 Å². The monoisotopic (exact) mass is 436 g/mol. The van der Waals surface area contributed by atoms with E-state index in [1.54, 1.807) is 60.7 Å². The Labute approximate surface area is 186 Å². The van der Waals surface area contributed by atoms with Crippen LogP contribution in [0.1, 0.15) is 20.7 Å². The SMILES string of the molecule is COc1cc(OC)cc(C(=O)Nc2ccccc2NC(=O)c2cc(OC)cc(OC)c2)c1. The van der Waals surface area contributed by atoms with Crippen LogP contribution in [0.4, 0.5) is 11.4 Å². The number of nitrogens with one attached hydrogen (secondary N) is 2. The third-order valence-corrected chi connectivity index (χ3v) is 4.65. The van der Waals surface area contributed by atoms with Crippen LogP contribution >= 0.6 is 0 Å². The first-order chi connectivity index (χ1) is 15.5. The van der Waals surface area contributed by atoms with E-state index in [9.17, 15) is 9.59 Å². The van der Waals surface area contributed by atoms with E-state index < -0.39 is 0 Å². The topological polar surface area (TPSA) is 95.1 Å². The summed E-state index contributed by atoms with van der Waals surface area (Å²) in [6, 6.07) is 16.6. The summed E-state index contributed by atoms with van der Waals surface area (Å²) in [6.07, 6.45) is 0. The van der Waals surface area contributed by atoms with Crippen molar-refractivity contribution in [1.82, 2.24) is 0 Å². The highest BCUT2D eigenvalue weighted by Crippen LogP contribution is 2.27. The van der Waals surface area contributed by atoms with Gasteiger partial charge in [0.15, 0.2) is 0 Å². The molecular formula is C24H24N2O6. The number of carbonyl (C=O) groups is 2. The van der Waals surface area contributed by atoms with Crippen molar-refractivity contribution >= 4 is 23.2 Å². The van der Waals surface area contributed by atoms with Gasteiger partial charge in [-0.05, 0) is 36.4 Å². The Morgan fingerprint density at radius 1 is 0.562 bits per heavy atom. The van der Waals surface area contributed by atoms with E-state index >= 15 is 0 Å². The Hall–Kier alpha value is -4.20. The maximum Gasteiger partial charge on any atom is 0.255 e. The molecule has 0 aromatic heterocycles. The van der Waals surface area contributed by atoms with Gasteiger partial charge in [-0.2, -0.15) is 0 Å². The molecular weight excluding hydrogens is 412 g/mol. The summed E-state index contributed by atoms with van der Waals surface area (Å²) in [6.45, 7) is 0. The molecule has 32 heavy (non-hydrogen) atoms. The normalized spacial score (nSPS) is 10.1. The minimum absolute atomic E-state index is 0.347. The van der Waals surface area contributed by atoms with E-state index in [0.29, 0.717) is 45.5 Å². The Kier molecular flexibility index (Phi) is 7.17. The third-order valence-electron chi connectivity index (χ3n) is 4.65. The van der Waals surface area contributed by atoms with E-state index in [2.05, 4.69) is 10.6 Å². The van der Waals surface area contributed by atoms with Gasteiger partial charge in [-0.1, -0.05) is 12.1 Å². The molecule has 3 aromatic carbocycles. The molecule has 0 heterocycles. The van der Waals surface area contributed by atoms with Crippen molar-refractivity contribution in [3.8, 4) is 23.0 Å². The summed E-state index contributed by atoms with van der Waals surface area (Å²) in [5.74, 6) is 1.19. The van der Waals surface area contributed by atoms with Crippen molar-refractivity contribution in [3.05, 3.63) is 71.8 Å². The molecule has 2 amide bonds. The predicted octanol–water partition coefficient (Wildman–Crippen LogP) is 4.23. The van der Waals surface area contributed by atoms with Gasteiger partial charge in [0.2, 0.25) is 0 Å². The van der Waals surface area contributed by atoms with Crippen molar-refractivity contribution < 1.29 is 28.5 Å². The molecule has 2 N–H and O–H groups in total. The van der Waals surface area contributed by atoms with Gasteiger partial charge in [-0.15, -0.1) is 0 Å². The highest BCUT2D eigenvalue weighted by Gasteiger charge is 2.15. The van der Waals surface area contributed by atoms with Crippen molar-refractivity contribution in [2.24, 2.45) is 0 Å². The van der Waals surface area contributed by atoms with E-state index in [1.807, 2.05) is 0 Å². The molecule has 8 nitrogen and oxygen atoms in total. The molecule has 0 spiro atoms. The van der Waals surface area contributed by atoms with Crippen LogP contribution in [0.25, 0.3) is 0 Å². The molecule has 0 bridgehead atoms. The molecule has 0 atom stereocenters. The fourth-order valence-corrected chi connectivity index (χ4v) is 2.97. The Bertz CT molecular complexity index is 996. The number of hydrogen-bond acceptors (Lipinski definition) is 6. The number of para-hydroxylation sites is 2. The van der Waals surface area contributed by atoms with E-state index in [4.69, 9.17) is 18.9 Å². The van der Waals surface area contributed by atoms with Gasteiger partial charge in [-0.25, -0.2) is 0 Å². The van der Waals surface area contributed by atoms with Crippen molar-refractivity contribution in [2.45, 2.75) is 0 Å². The lowest BCUT2D eigenvalue weighted by molar-refractivity contribution is 0.101. The molecule has 0 aliphatic heterocycles. The fraction of sp³-hybridized carbons (Fsp3) is 0.167. The highest BCUT2D eigenvalue weighted by atomic mass is 16.5. The molecule has 3 aromatic rings. The minimum Gasteiger partial charge on any atom is -0.497 e. The largest absolute Gasteiger partial charge is 0.497 e. The maximum atomic E-state index is 12.9. The quantitative estimate of drug-likeness (QED) is 0.549. The molecule has 0 fully saturated rings. The van der Waals surface area contributed by atoms with Crippen LogP contribution < -0.4 is 29.6 Å². The molecule has 0 saturated heterocycles. The summed E-state index contributed by atoms with van der Waals surface area (Å²) in [7, 11) is 6.04. The Morgan fingerprint density at radius 2 is 0.875 bits per heavy atom. The number of carbonyl (C=O) groups excluding carboxylic acids is 2. The number of anilines is 2. The standard InChI is InChI=1S/C24H24N2O6/c1-29-17-9-15(10-18(13-17)30-2)23(27)25-21-7-5-6-8-22(21)26-24(28)16-11-19(31-3)14-20(12-16)32-4/h5-14H,1-4H3,(H,25,27)(H,26,28). The lowest BCUT2D eigenvalue weighted by Gasteiger charge is -2.14. The summed E-state index contributed by atoms with van der Waals surface area (Å²) >= 11 is 0. The van der Waals surface area contributed by atoms with E-state index in [1.165, 1.54) is 28.4 Å². The first-order valence-corrected chi connectivity index (χ1v) is 9.65. The van der Waals surface area contributed by atoms with Crippen LogP contribution in [0.3, 0.4) is 0 Å². The summed E-state index contributed by atoms with van der Waals surface area (Å²) < 4.78 is 20.9. The zero-order valence-corrected chi connectivity index (χ0v) is 18.2. The molecule has 0 aliphatic carbocycles. The molecule has 3 rings (SSSR count). The second-order valence-corrected chi connectivity index (χ2v) is 6.66. The average Bonchev–Trinajstić information content (AvgIpc) is 2.84. The molecule has 0 radical (unpaired) electrons. The fourth-order valence-electron chi connectivity index (χ4n) is 2.97. The number of benzene rings is 3. The van der Waals surface area contributed by atoms with Crippen LogP contribution in [0, 0.1) is 0 Å². The van der Waals surface area contributed by atoms with Gasteiger partial charge >= 0.3 is 0 Å².